The van der Waals surface area contributed by atoms with Crippen molar-refractivity contribution in [1.82, 2.24) is 9.72 Å². The second-order valence-electron chi connectivity index (χ2n) is 4.79. The lowest BCUT2D eigenvalue weighted by molar-refractivity contribution is 0.0962. The van der Waals surface area contributed by atoms with Gasteiger partial charge in [0.05, 0.1) is 16.4 Å². The molecule has 0 saturated heterocycles. The van der Waals surface area contributed by atoms with Crippen LogP contribution in [0.1, 0.15) is 16.1 Å². The number of carbonyl (C=O) groups excluding carboxylic acids is 1. The summed E-state index contributed by atoms with van der Waals surface area (Å²) in [5.74, 6) is 0.715. The Bertz CT molecular complexity index is 863. The average molecular weight is 333 g/mol. The third-order valence-corrected chi connectivity index (χ3v) is 4.84. The van der Waals surface area contributed by atoms with E-state index in [-0.39, 0.29) is 5.76 Å². The number of aromatic nitrogens is 2. The molecule has 0 fully saturated rings. The predicted octanol–water partition coefficient (Wildman–Crippen LogP) is 3.10. The van der Waals surface area contributed by atoms with Crippen molar-refractivity contribution in [3.63, 3.8) is 0 Å². The Balaban J connectivity index is 2.12. The van der Waals surface area contributed by atoms with Crippen LogP contribution < -0.4 is 4.80 Å². The summed E-state index contributed by atoms with van der Waals surface area (Å²) in [6.07, 6.45) is 3.51. The van der Waals surface area contributed by atoms with Gasteiger partial charge in [-0.25, -0.2) is 0 Å². The van der Waals surface area contributed by atoms with Crippen molar-refractivity contribution < 1.29 is 9.32 Å². The number of rotatable bonds is 4. The zero-order valence-electron chi connectivity index (χ0n) is 12.3. The molecular weight excluding hydrogens is 318 g/mol. The Morgan fingerprint density at radius 3 is 3.05 bits per heavy atom. The van der Waals surface area contributed by atoms with Crippen LogP contribution in [0.3, 0.4) is 0 Å². The molecule has 0 aliphatic carbocycles. The molecule has 0 aliphatic rings. The first-order valence-corrected chi connectivity index (χ1v) is 8.99. The summed E-state index contributed by atoms with van der Waals surface area (Å²) in [5, 5.41) is 3.55. The van der Waals surface area contributed by atoms with Gasteiger partial charge in [-0.15, -0.1) is 0 Å². The molecule has 0 N–H and O–H groups in total. The van der Waals surface area contributed by atoms with Crippen LogP contribution in [0, 0.1) is 6.92 Å². The van der Waals surface area contributed by atoms with Crippen LogP contribution in [-0.4, -0.2) is 27.6 Å². The van der Waals surface area contributed by atoms with E-state index in [1.165, 1.54) is 29.2 Å². The first-order chi connectivity index (χ1) is 10.7. The van der Waals surface area contributed by atoms with E-state index in [1.54, 1.807) is 11.8 Å². The Hall–Kier alpha value is -1.86. The van der Waals surface area contributed by atoms with Gasteiger partial charge in [0.15, 0.2) is 4.80 Å². The highest BCUT2D eigenvalue weighted by atomic mass is 32.2. The largest absolute Gasteiger partial charge is 0.351 e. The van der Waals surface area contributed by atoms with Crippen LogP contribution in [0.5, 0.6) is 0 Å². The van der Waals surface area contributed by atoms with Crippen molar-refractivity contribution in [2.45, 2.75) is 13.5 Å². The molecule has 0 saturated carbocycles. The Kier molecular flexibility index (Phi) is 4.44. The number of thioether (sulfide) groups is 1. The van der Waals surface area contributed by atoms with Crippen molar-refractivity contribution >= 4 is 39.2 Å². The van der Waals surface area contributed by atoms with E-state index in [0.717, 1.165) is 22.5 Å². The van der Waals surface area contributed by atoms with E-state index < -0.39 is 5.91 Å². The second-order valence-corrected chi connectivity index (χ2v) is 6.79. The number of aryl methyl sites for hydroxylation is 2. The Labute approximate surface area is 135 Å². The number of fused-ring (bicyclic) bond motifs is 1. The van der Waals surface area contributed by atoms with Gasteiger partial charge in [0, 0.05) is 18.4 Å². The van der Waals surface area contributed by atoms with Crippen molar-refractivity contribution in [2.24, 2.45) is 4.99 Å². The number of benzene rings is 1. The topological polar surface area (TPSA) is 60.4 Å². The van der Waals surface area contributed by atoms with Gasteiger partial charge in [0.2, 0.25) is 5.76 Å². The highest BCUT2D eigenvalue weighted by molar-refractivity contribution is 7.98. The lowest BCUT2D eigenvalue weighted by Crippen LogP contribution is -2.18. The molecule has 0 radical (unpaired) electrons. The van der Waals surface area contributed by atoms with Gasteiger partial charge in [0.25, 0.3) is 0 Å². The van der Waals surface area contributed by atoms with Crippen LogP contribution >= 0.6 is 23.1 Å². The van der Waals surface area contributed by atoms with Crippen LogP contribution in [0.2, 0.25) is 0 Å². The predicted molar refractivity (Wildman–Crippen MR) is 89.3 cm³/mol. The lowest BCUT2D eigenvalue weighted by Gasteiger charge is -2.03. The molecule has 22 heavy (non-hydrogen) atoms. The molecule has 1 aromatic carbocycles. The molecule has 7 heteroatoms. The van der Waals surface area contributed by atoms with Crippen molar-refractivity contribution in [3.05, 3.63) is 46.6 Å². The number of amides is 1. The normalized spacial score (nSPS) is 12.2. The van der Waals surface area contributed by atoms with Crippen LogP contribution in [0.4, 0.5) is 0 Å². The molecule has 114 valence electrons. The number of hydrogen-bond donors (Lipinski definition) is 0. The first kappa shape index (κ1) is 15.1. The zero-order valence-corrected chi connectivity index (χ0v) is 13.9. The minimum Gasteiger partial charge on any atom is -0.351 e. The highest BCUT2D eigenvalue weighted by Gasteiger charge is 2.11. The molecule has 2 heterocycles. The maximum atomic E-state index is 12.1. The second kappa shape index (κ2) is 6.50. The van der Waals surface area contributed by atoms with Crippen molar-refractivity contribution in [1.29, 1.82) is 0 Å². The summed E-state index contributed by atoms with van der Waals surface area (Å²) in [7, 11) is 0. The van der Waals surface area contributed by atoms with E-state index in [9.17, 15) is 4.79 Å². The van der Waals surface area contributed by atoms with E-state index in [4.69, 9.17) is 4.52 Å². The fourth-order valence-corrected chi connectivity index (χ4v) is 3.65. The Morgan fingerprint density at radius 2 is 2.32 bits per heavy atom. The van der Waals surface area contributed by atoms with E-state index >= 15 is 0 Å². The van der Waals surface area contributed by atoms with Crippen LogP contribution in [-0.2, 0) is 6.54 Å². The SMILES string of the molecule is CSCCn1c(=NC(=O)c2ccno2)sc2cc(C)ccc21. The number of thiazole rings is 1. The highest BCUT2D eigenvalue weighted by Crippen LogP contribution is 2.19. The standard InChI is InChI=1S/C15H15N3O2S2/c1-10-3-4-11-13(9-10)22-15(18(11)7-8-21-2)17-14(19)12-5-6-16-20-12/h3-6,9H,7-8H2,1-2H3. The molecule has 5 nitrogen and oxygen atoms in total. The van der Waals surface area contributed by atoms with Crippen LogP contribution in [0.15, 0.2) is 40.0 Å². The molecule has 0 spiro atoms. The van der Waals surface area contributed by atoms with E-state index in [2.05, 4.69) is 46.1 Å². The maximum absolute atomic E-state index is 12.1. The lowest BCUT2D eigenvalue weighted by atomic mass is 10.2. The molecule has 3 aromatic rings. The summed E-state index contributed by atoms with van der Waals surface area (Å²) >= 11 is 3.28. The van der Waals surface area contributed by atoms with Crippen molar-refractivity contribution in [3.8, 4) is 0 Å². The van der Waals surface area contributed by atoms with E-state index in [0.29, 0.717) is 4.80 Å². The zero-order chi connectivity index (χ0) is 15.5. The molecule has 3 rings (SSSR count). The third kappa shape index (κ3) is 3.00. The Morgan fingerprint density at radius 1 is 1.45 bits per heavy atom. The smallest absolute Gasteiger partial charge is 0.318 e. The number of carbonyl (C=O) groups is 1. The summed E-state index contributed by atoms with van der Waals surface area (Å²) in [6, 6.07) is 7.80. The fourth-order valence-electron chi connectivity index (χ4n) is 2.13. The minimum atomic E-state index is -0.404. The molecule has 2 aromatic heterocycles. The number of nitrogens with zero attached hydrogens (tertiary/aromatic N) is 3. The van der Waals surface area contributed by atoms with Gasteiger partial charge in [0.1, 0.15) is 0 Å². The van der Waals surface area contributed by atoms with Gasteiger partial charge in [-0.1, -0.05) is 22.6 Å². The van der Waals surface area contributed by atoms with Gasteiger partial charge in [-0.3, -0.25) is 4.79 Å². The maximum Gasteiger partial charge on any atom is 0.318 e. The minimum absolute atomic E-state index is 0.157. The molecule has 0 aliphatic heterocycles. The summed E-state index contributed by atoms with van der Waals surface area (Å²) in [4.78, 5) is 17.0. The van der Waals surface area contributed by atoms with Crippen LogP contribution in [0.25, 0.3) is 10.2 Å². The fraction of sp³-hybridized carbons (Fsp3) is 0.267. The van der Waals surface area contributed by atoms with Gasteiger partial charge < -0.3 is 9.09 Å². The molecule has 1 amide bonds. The molecule has 0 unspecified atom stereocenters. The summed E-state index contributed by atoms with van der Waals surface area (Å²) in [5.41, 5.74) is 2.30. The van der Waals surface area contributed by atoms with E-state index in [1.807, 2.05) is 0 Å². The van der Waals surface area contributed by atoms with Gasteiger partial charge in [-0.2, -0.15) is 16.8 Å². The van der Waals surface area contributed by atoms with Crippen molar-refractivity contribution in [2.75, 3.05) is 12.0 Å². The number of hydrogen-bond acceptors (Lipinski definition) is 5. The van der Waals surface area contributed by atoms with Gasteiger partial charge in [-0.05, 0) is 30.9 Å². The average Bonchev–Trinajstić information content (AvgIpc) is 3.12. The molecule has 0 atom stereocenters. The van der Waals surface area contributed by atoms with Gasteiger partial charge >= 0.3 is 5.91 Å². The molecule has 0 bridgehead atoms. The quantitative estimate of drug-likeness (QED) is 0.736. The summed E-state index contributed by atoms with van der Waals surface area (Å²) < 4.78 is 8.10. The monoisotopic (exact) mass is 333 g/mol. The third-order valence-electron chi connectivity index (χ3n) is 3.20. The molecular formula is C15H15N3O2S2. The summed E-state index contributed by atoms with van der Waals surface area (Å²) in [6.45, 7) is 2.87. The first-order valence-electron chi connectivity index (χ1n) is 6.77.